The van der Waals surface area contributed by atoms with Crippen molar-refractivity contribution in [3.8, 4) is 11.5 Å². The summed E-state index contributed by atoms with van der Waals surface area (Å²) in [6.45, 7) is 4.57. The predicted octanol–water partition coefficient (Wildman–Crippen LogP) is 1.62. The van der Waals surface area contributed by atoms with Gasteiger partial charge in [0, 0.05) is 31.4 Å². The average Bonchev–Trinajstić information content (AvgIpc) is 3.31. The van der Waals surface area contributed by atoms with E-state index < -0.39 is 0 Å². The number of nitrogens with zero attached hydrogens (tertiary/aromatic N) is 4. The quantitative estimate of drug-likeness (QED) is 0.525. The number of piperidine rings is 1. The Kier molecular flexibility index (Phi) is 6.53. The highest BCUT2D eigenvalue weighted by Gasteiger charge is 2.27. The van der Waals surface area contributed by atoms with E-state index in [9.17, 15) is 14.4 Å². The Labute approximate surface area is 205 Å². The molecule has 0 spiro atoms. The number of amides is 2. The van der Waals surface area contributed by atoms with Gasteiger partial charge in [0.05, 0.1) is 5.92 Å². The summed E-state index contributed by atoms with van der Waals surface area (Å²) in [7, 11) is 0. The van der Waals surface area contributed by atoms with E-state index in [1.165, 1.54) is 22.2 Å². The minimum Gasteiger partial charge on any atom is -0.486 e. The SMILES string of the molecule is CCNC(=O)[C@@H]1CCCN(c2nc3ncn(CC(=O)Nc4ccc5c(c4)OCCO5)c(=O)c3s2)C1. The van der Waals surface area contributed by atoms with Gasteiger partial charge < -0.3 is 25.0 Å². The molecular formula is C23H26N6O5S. The molecule has 184 valence electrons. The highest BCUT2D eigenvalue weighted by Crippen LogP contribution is 2.32. The van der Waals surface area contributed by atoms with Gasteiger partial charge in [0.2, 0.25) is 11.8 Å². The number of rotatable bonds is 6. The Morgan fingerprint density at radius 2 is 2.06 bits per heavy atom. The number of carbonyl (C=O) groups is 2. The molecule has 2 aliphatic heterocycles. The summed E-state index contributed by atoms with van der Waals surface area (Å²) in [6.07, 6.45) is 3.04. The van der Waals surface area contributed by atoms with Crippen LogP contribution >= 0.6 is 11.3 Å². The van der Waals surface area contributed by atoms with Crippen LogP contribution in [0, 0.1) is 5.92 Å². The average molecular weight is 499 g/mol. The molecular weight excluding hydrogens is 472 g/mol. The largest absolute Gasteiger partial charge is 0.486 e. The Hall–Kier alpha value is -3.67. The van der Waals surface area contributed by atoms with Crippen LogP contribution in [0.2, 0.25) is 0 Å². The molecule has 2 N–H and O–H groups in total. The molecule has 4 heterocycles. The molecule has 2 aliphatic rings. The van der Waals surface area contributed by atoms with Crippen LogP contribution in [0.15, 0.2) is 29.3 Å². The number of ether oxygens (including phenoxy) is 2. The highest BCUT2D eigenvalue weighted by atomic mass is 32.1. The summed E-state index contributed by atoms with van der Waals surface area (Å²) in [4.78, 5) is 48.8. The van der Waals surface area contributed by atoms with Crippen molar-refractivity contribution >= 4 is 44.3 Å². The van der Waals surface area contributed by atoms with Gasteiger partial charge in [-0.25, -0.2) is 4.98 Å². The second-order valence-electron chi connectivity index (χ2n) is 8.41. The predicted molar refractivity (Wildman–Crippen MR) is 131 cm³/mol. The van der Waals surface area contributed by atoms with Crippen molar-refractivity contribution in [3.05, 3.63) is 34.9 Å². The zero-order chi connectivity index (χ0) is 24.4. The van der Waals surface area contributed by atoms with Crippen LogP contribution in [0.4, 0.5) is 10.8 Å². The number of thiazole rings is 1. The monoisotopic (exact) mass is 498 g/mol. The molecule has 0 aliphatic carbocycles. The molecule has 0 bridgehead atoms. The fourth-order valence-electron chi connectivity index (χ4n) is 4.24. The first-order chi connectivity index (χ1) is 17.0. The third-order valence-corrected chi connectivity index (χ3v) is 7.02. The minimum absolute atomic E-state index is 0.0443. The number of hydrogen-bond acceptors (Lipinski definition) is 9. The van der Waals surface area contributed by atoms with Gasteiger partial charge >= 0.3 is 0 Å². The lowest BCUT2D eigenvalue weighted by atomic mass is 9.97. The molecule has 11 nitrogen and oxygen atoms in total. The van der Waals surface area contributed by atoms with Crippen LogP contribution in [-0.2, 0) is 16.1 Å². The number of benzene rings is 1. The molecule has 1 aromatic carbocycles. The molecule has 0 unspecified atom stereocenters. The van der Waals surface area contributed by atoms with Crippen molar-refractivity contribution in [2.24, 2.45) is 5.92 Å². The van der Waals surface area contributed by atoms with Gasteiger partial charge in [-0.3, -0.25) is 19.0 Å². The van der Waals surface area contributed by atoms with Gasteiger partial charge in [0.15, 0.2) is 22.3 Å². The lowest BCUT2D eigenvalue weighted by Gasteiger charge is -2.31. The van der Waals surface area contributed by atoms with Gasteiger partial charge in [-0.15, -0.1) is 0 Å². The van der Waals surface area contributed by atoms with Crippen molar-refractivity contribution < 1.29 is 19.1 Å². The number of carbonyl (C=O) groups excluding carboxylic acids is 2. The van der Waals surface area contributed by atoms with E-state index in [-0.39, 0.29) is 29.8 Å². The van der Waals surface area contributed by atoms with Crippen molar-refractivity contribution in [2.45, 2.75) is 26.3 Å². The molecule has 1 atom stereocenters. The van der Waals surface area contributed by atoms with Crippen molar-refractivity contribution in [3.63, 3.8) is 0 Å². The van der Waals surface area contributed by atoms with Crippen LogP contribution < -0.4 is 30.6 Å². The highest BCUT2D eigenvalue weighted by molar-refractivity contribution is 7.22. The topological polar surface area (TPSA) is 128 Å². The molecule has 1 saturated heterocycles. The fraction of sp³-hybridized carbons (Fsp3) is 0.435. The van der Waals surface area contributed by atoms with Crippen LogP contribution in [0.5, 0.6) is 11.5 Å². The molecule has 2 amide bonds. The van der Waals surface area contributed by atoms with E-state index in [0.29, 0.717) is 59.0 Å². The van der Waals surface area contributed by atoms with Crippen LogP contribution in [-0.4, -0.2) is 59.2 Å². The third-order valence-electron chi connectivity index (χ3n) is 5.93. The smallest absolute Gasteiger partial charge is 0.273 e. The normalized spacial score (nSPS) is 17.3. The van der Waals surface area contributed by atoms with Gasteiger partial charge in [0.1, 0.15) is 30.8 Å². The second-order valence-corrected chi connectivity index (χ2v) is 9.39. The molecule has 12 heteroatoms. The lowest BCUT2D eigenvalue weighted by Crippen LogP contribution is -2.43. The van der Waals surface area contributed by atoms with E-state index in [1.807, 2.05) is 11.8 Å². The molecule has 0 radical (unpaired) electrons. The summed E-state index contributed by atoms with van der Waals surface area (Å²) in [5, 5.41) is 6.32. The first-order valence-corrected chi connectivity index (χ1v) is 12.4. The number of hydrogen-bond donors (Lipinski definition) is 2. The summed E-state index contributed by atoms with van der Waals surface area (Å²) < 4.78 is 12.7. The maximum absolute atomic E-state index is 13.1. The van der Waals surface area contributed by atoms with E-state index in [1.54, 1.807) is 18.2 Å². The van der Waals surface area contributed by atoms with Gasteiger partial charge in [-0.1, -0.05) is 11.3 Å². The Balaban J connectivity index is 1.29. The van der Waals surface area contributed by atoms with Crippen LogP contribution in [0.1, 0.15) is 19.8 Å². The van der Waals surface area contributed by atoms with Crippen molar-refractivity contribution in [1.82, 2.24) is 19.9 Å². The standard InChI is InChI=1S/C23H26N6O5S/c1-2-24-21(31)14-4-3-7-28(11-14)23-27-20-19(35-23)22(32)29(13-25-20)12-18(30)26-15-5-6-16-17(10-15)34-9-8-33-16/h5-6,10,13-14H,2-4,7-9,11-12H2,1H3,(H,24,31)(H,26,30)/t14-/m1/s1. The number of aromatic nitrogens is 3. The van der Waals surface area contributed by atoms with E-state index in [0.717, 1.165) is 19.4 Å². The van der Waals surface area contributed by atoms with Crippen molar-refractivity contribution in [1.29, 1.82) is 0 Å². The lowest BCUT2D eigenvalue weighted by molar-refractivity contribution is -0.125. The first-order valence-electron chi connectivity index (χ1n) is 11.6. The molecule has 35 heavy (non-hydrogen) atoms. The zero-order valence-corrected chi connectivity index (χ0v) is 20.1. The van der Waals surface area contributed by atoms with E-state index >= 15 is 0 Å². The van der Waals surface area contributed by atoms with Crippen LogP contribution in [0.3, 0.4) is 0 Å². The number of nitrogens with one attached hydrogen (secondary N) is 2. The maximum Gasteiger partial charge on any atom is 0.273 e. The maximum atomic E-state index is 13.1. The summed E-state index contributed by atoms with van der Waals surface area (Å²) in [5.74, 6) is 0.772. The Morgan fingerprint density at radius 1 is 1.23 bits per heavy atom. The molecule has 5 rings (SSSR count). The summed E-state index contributed by atoms with van der Waals surface area (Å²) in [6, 6.07) is 5.15. The van der Waals surface area contributed by atoms with Gasteiger partial charge in [-0.05, 0) is 31.9 Å². The Morgan fingerprint density at radius 3 is 2.89 bits per heavy atom. The van der Waals surface area contributed by atoms with E-state index in [4.69, 9.17) is 9.47 Å². The van der Waals surface area contributed by atoms with Crippen molar-refractivity contribution in [2.75, 3.05) is 43.1 Å². The van der Waals surface area contributed by atoms with Gasteiger partial charge in [-0.2, -0.15) is 4.98 Å². The molecule has 0 saturated carbocycles. The summed E-state index contributed by atoms with van der Waals surface area (Å²) >= 11 is 1.24. The Bertz CT molecular complexity index is 1320. The minimum atomic E-state index is -0.365. The molecule has 3 aromatic rings. The fourth-order valence-corrected chi connectivity index (χ4v) is 5.25. The molecule has 2 aromatic heterocycles. The number of anilines is 2. The third kappa shape index (κ3) is 4.92. The van der Waals surface area contributed by atoms with E-state index in [2.05, 4.69) is 20.6 Å². The zero-order valence-electron chi connectivity index (χ0n) is 19.3. The molecule has 1 fully saturated rings. The summed E-state index contributed by atoms with van der Waals surface area (Å²) in [5.41, 5.74) is 0.570. The second kappa shape index (κ2) is 9.90. The van der Waals surface area contributed by atoms with Crippen LogP contribution in [0.25, 0.3) is 10.3 Å². The number of fused-ring (bicyclic) bond motifs is 2. The first kappa shape index (κ1) is 23.1. The van der Waals surface area contributed by atoms with Gasteiger partial charge in [0.25, 0.3) is 5.56 Å².